The Balaban J connectivity index is 2.48. The number of benzene rings is 1. The van der Waals surface area contributed by atoms with E-state index in [0.717, 1.165) is 0 Å². The zero-order valence-corrected chi connectivity index (χ0v) is 9.88. The van der Waals surface area contributed by atoms with Crippen molar-refractivity contribution in [3.05, 3.63) is 29.8 Å². The maximum Gasteiger partial charge on any atom is 0.414 e. The van der Waals surface area contributed by atoms with Gasteiger partial charge in [0, 0.05) is 11.3 Å². The maximum absolute atomic E-state index is 11.7. The summed E-state index contributed by atoms with van der Waals surface area (Å²) in [5.74, 6) is -0.197. The van der Waals surface area contributed by atoms with Gasteiger partial charge in [0.15, 0.2) is 12.4 Å². The van der Waals surface area contributed by atoms with E-state index < -0.39 is 18.8 Å². The number of hydrogen-bond donors (Lipinski definition) is 2. The topological polar surface area (TPSA) is 67.4 Å². The number of nitrogens with one attached hydrogen (secondary N) is 2. The van der Waals surface area contributed by atoms with Gasteiger partial charge in [-0.05, 0) is 19.1 Å². The van der Waals surface area contributed by atoms with Gasteiger partial charge >= 0.3 is 12.2 Å². The number of halogens is 3. The van der Waals surface area contributed by atoms with Crippen molar-refractivity contribution in [3.8, 4) is 0 Å². The van der Waals surface area contributed by atoms with Gasteiger partial charge in [-0.3, -0.25) is 9.63 Å². The molecule has 0 fully saturated rings. The summed E-state index contributed by atoms with van der Waals surface area (Å²) in [6, 6.07) is 4.99. The van der Waals surface area contributed by atoms with Crippen molar-refractivity contribution in [2.24, 2.45) is 0 Å². The molecule has 1 aromatic carbocycles. The summed E-state index contributed by atoms with van der Waals surface area (Å²) in [6.07, 6.45) is -4.53. The number of hydroxylamine groups is 1. The quantitative estimate of drug-likeness (QED) is 0.656. The van der Waals surface area contributed by atoms with Gasteiger partial charge < -0.3 is 5.32 Å². The molecule has 1 aromatic rings. The number of carbonyl (C=O) groups excluding carboxylic acids is 2. The minimum atomic E-state index is -4.53. The van der Waals surface area contributed by atoms with Crippen molar-refractivity contribution >= 4 is 17.5 Å². The fraction of sp³-hybridized carbons (Fsp3) is 0.273. The van der Waals surface area contributed by atoms with Crippen molar-refractivity contribution in [2.45, 2.75) is 13.1 Å². The predicted molar refractivity (Wildman–Crippen MR) is 60.6 cm³/mol. The molecular weight excluding hydrogens is 265 g/mol. The second kappa shape index (κ2) is 6.19. The normalized spacial score (nSPS) is 10.9. The molecule has 0 saturated carbocycles. The summed E-state index contributed by atoms with van der Waals surface area (Å²) >= 11 is 0. The van der Waals surface area contributed by atoms with Crippen LogP contribution in [0.15, 0.2) is 24.3 Å². The van der Waals surface area contributed by atoms with E-state index in [1.165, 1.54) is 25.1 Å². The molecular formula is C11H11F3N2O3. The number of anilines is 1. The number of Topliss-reactive ketones (excluding diaryl/α,β-unsaturated/α-hetero) is 1. The van der Waals surface area contributed by atoms with Crippen molar-refractivity contribution < 1.29 is 27.6 Å². The molecule has 0 bridgehead atoms. The predicted octanol–water partition coefficient (Wildman–Crippen LogP) is 2.50. The van der Waals surface area contributed by atoms with Gasteiger partial charge in [-0.2, -0.15) is 13.2 Å². The number of urea groups is 1. The molecule has 19 heavy (non-hydrogen) atoms. The number of carbonyl (C=O) groups is 2. The molecule has 0 spiro atoms. The average molecular weight is 276 g/mol. The largest absolute Gasteiger partial charge is 0.414 e. The first kappa shape index (κ1) is 15.0. The van der Waals surface area contributed by atoms with Gasteiger partial charge in [0.25, 0.3) is 0 Å². The lowest BCUT2D eigenvalue weighted by Crippen LogP contribution is -2.32. The van der Waals surface area contributed by atoms with Gasteiger partial charge in [0.05, 0.1) is 0 Å². The first-order valence-electron chi connectivity index (χ1n) is 5.14. The molecule has 5 nitrogen and oxygen atoms in total. The third-order valence-corrected chi connectivity index (χ3v) is 1.93. The summed E-state index contributed by atoms with van der Waals surface area (Å²) in [4.78, 5) is 26.2. The molecule has 0 heterocycles. The van der Waals surface area contributed by atoms with Crippen LogP contribution < -0.4 is 10.8 Å². The van der Waals surface area contributed by atoms with Crippen LogP contribution in [0.5, 0.6) is 0 Å². The number of rotatable bonds is 4. The molecule has 0 unspecified atom stereocenters. The summed E-state index contributed by atoms with van der Waals surface area (Å²) < 4.78 is 35.2. The lowest BCUT2D eigenvalue weighted by Gasteiger charge is -2.09. The van der Waals surface area contributed by atoms with Crippen LogP contribution in [-0.4, -0.2) is 24.6 Å². The molecule has 0 aliphatic rings. The van der Waals surface area contributed by atoms with Crippen LogP contribution in [0.1, 0.15) is 17.3 Å². The zero-order chi connectivity index (χ0) is 14.5. The molecule has 0 aromatic heterocycles. The summed E-state index contributed by atoms with van der Waals surface area (Å²) in [5.41, 5.74) is 2.22. The fourth-order valence-electron chi connectivity index (χ4n) is 1.16. The van der Waals surface area contributed by atoms with Crippen LogP contribution in [-0.2, 0) is 4.84 Å². The van der Waals surface area contributed by atoms with E-state index in [1.54, 1.807) is 11.5 Å². The second-order valence-corrected chi connectivity index (χ2v) is 3.60. The van der Waals surface area contributed by atoms with Gasteiger partial charge in [0.2, 0.25) is 0 Å². The Bertz CT molecular complexity index is 474. The van der Waals surface area contributed by atoms with Gasteiger partial charge in [-0.25, -0.2) is 10.3 Å². The Hall–Kier alpha value is -2.09. The van der Waals surface area contributed by atoms with Crippen LogP contribution in [0.25, 0.3) is 0 Å². The van der Waals surface area contributed by atoms with E-state index in [4.69, 9.17) is 0 Å². The third kappa shape index (κ3) is 5.87. The Morgan fingerprint density at radius 1 is 1.32 bits per heavy atom. The summed E-state index contributed by atoms with van der Waals surface area (Å²) in [6.45, 7) is -0.237. The van der Waals surface area contributed by atoms with Crippen molar-refractivity contribution in [1.82, 2.24) is 5.48 Å². The number of hydrogen-bond acceptors (Lipinski definition) is 3. The Morgan fingerprint density at radius 3 is 2.58 bits per heavy atom. The molecule has 2 amide bonds. The monoisotopic (exact) mass is 276 g/mol. The fourth-order valence-corrected chi connectivity index (χ4v) is 1.16. The number of alkyl halides is 3. The lowest BCUT2D eigenvalue weighted by molar-refractivity contribution is -0.183. The van der Waals surface area contributed by atoms with E-state index in [2.05, 4.69) is 10.2 Å². The number of amides is 2. The number of ketones is 1. The molecule has 0 radical (unpaired) electrons. The van der Waals surface area contributed by atoms with Crippen LogP contribution >= 0.6 is 0 Å². The molecule has 104 valence electrons. The van der Waals surface area contributed by atoms with E-state index in [9.17, 15) is 22.8 Å². The molecule has 8 heteroatoms. The SMILES string of the molecule is CC(=O)c1cccc(NC(=O)NOCC(F)(F)F)c1. The smallest absolute Gasteiger partial charge is 0.306 e. The molecule has 0 atom stereocenters. The minimum Gasteiger partial charge on any atom is -0.306 e. The first-order chi connectivity index (χ1) is 8.78. The van der Waals surface area contributed by atoms with Crippen LogP contribution in [0, 0.1) is 0 Å². The van der Waals surface area contributed by atoms with Crippen LogP contribution in [0.4, 0.5) is 23.7 Å². The van der Waals surface area contributed by atoms with Crippen molar-refractivity contribution in [1.29, 1.82) is 0 Å². The van der Waals surface area contributed by atoms with Gasteiger partial charge in [-0.15, -0.1) is 0 Å². The van der Waals surface area contributed by atoms with Crippen molar-refractivity contribution in [2.75, 3.05) is 11.9 Å². The maximum atomic E-state index is 11.7. The molecule has 1 rings (SSSR count). The van der Waals surface area contributed by atoms with E-state index in [0.29, 0.717) is 5.56 Å². The third-order valence-electron chi connectivity index (χ3n) is 1.93. The Kier molecular flexibility index (Phi) is 4.87. The first-order valence-corrected chi connectivity index (χ1v) is 5.14. The van der Waals surface area contributed by atoms with E-state index in [1.807, 2.05) is 0 Å². The van der Waals surface area contributed by atoms with Gasteiger partial charge in [-0.1, -0.05) is 12.1 Å². The van der Waals surface area contributed by atoms with E-state index >= 15 is 0 Å². The van der Waals surface area contributed by atoms with E-state index in [-0.39, 0.29) is 11.5 Å². The van der Waals surface area contributed by atoms with Crippen LogP contribution in [0.2, 0.25) is 0 Å². The van der Waals surface area contributed by atoms with Crippen molar-refractivity contribution in [3.63, 3.8) is 0 Å². The summed E-state index contributed by atoms with van der Waals surface area (Å²) in [7, 11) is 0. The summed E-state index contributed by atoms with van der Waals surface area (Å²) in [5, 5.41) is 2.23. The highest BCUT2D eigenvalue weighted by atomic mass is 19.4. The average Bonchev–Trinajstić information content (AvgIpc) is 2.27. The zero-order valence-electron chi connectivity index (χ0n) is 9.88. The highest BCUT2D eigenvalue weighted by Gasteiger charge is 2.28. The highest BCUT2D eigenvalue weighted by molar-refractivity contribution is 5.96. The standard InChI is InChI=1S/C11H11F3N2O3/c1-7(17)8-3-2-4-9(5-8)15-10(18)16-19-6-11(12,13)14/h2-5H,6H2,1H3,(H2,15,16,18). The lowest BCUT2D eigenvalue weighted by atomic mass is 10.1. The Morgan fingerprint density at radius 2 is 2.00 bits per heavy atom. The van der Waals surface area contributed by atoms with Gasteiger partial charge in [0.1, 0.15) is 0 Å². The Labute approximate surface area is 106 Å². The molecule has 0 aliphatic carbocycles. The molecule has 2 N–H and O–H groups in total. The minimum absolute atomic E-state index is 0.197. The van der Waals surface area contributed by atoms with Crippen LogP contribution in [0.3, 0.4) is 0 Å². The molecule has 0 saturated heterocycles. The molecule has 0 aliphatic heterocycles. The second-order valence-electron chi connectivity index (χ2n) is 3.60. The highest BCUT2D eigenvalue weighted by Crippen LogP contribution is 2.14.